The van der Waals surface area contributed by atoms with Crippen LogP contribution in [0.15, 0.2) is 60.9 Å². The molecule has 0 aliphatic rings. The highest BCUT2D eigenvalue weighted by Gasteiger charge is 2.11. The summed E-state index contributed by atoms with van der Waals surface area (Å²) in [7, 11) is 0. The predicted molar refractivity (Wildman–Crippen MR) is 112 cm³/mol. The third-order valence-corrected chi connectivity index (χ3v) is 4.12. The molecule has 0 bridgehead atoms. The number of pyridine rings is 2. The van der Waals surface area contributed by atoms with Gasteiger partial charge in [0.15, 0.2) is 0 Å². The van der Waals surface area contributed by atoms with E-state index in [-0.39, 0.29) is 6.03 Å². The van der Waals surface area contributed by atoms with Crippen LogP contribution in [0.1, 0.15) is 22.8 Å². The number of carbonyl (C=O) groups is 2. The quantitative estimate of drug-likeness (QED) is 0.494. The second kappa shape index (κ2) is 9.32. The lowest BCUT2D eigenvalue weighted by atomic mass is 10.1. The first-order chi connectivity index (χ1) is 14.1. The van der Waals surface area contributed by atoms with Gasteiger partial charge in [-0.2, -0.15) is 0 Å². The molecule has 0 spiro atoms. The second-order valence-electron chi connectivity index (χ2n) is 6.23. The molecule has 0 saturated heterocycles. The second-order valence-corrected chi connectivity index (χ2v) is 6.23. The van der Waals surface area contributed by atoms with E-state index in [0.717, 1.165) is 11.1 Å². The van der Waals surface area contributed by atoms with Gasteiger partial charge in [-0.25, -0.2) is 9.78 Å². The van der Waals surface area contributed by atoms with Gasteiger partial charge in [-0.15, -0.1) is 0 Å². The lowest BCUT2D eigenvalue weighted by Gasteiger charge is -2.11. The number of nitrogens with one attached hydrogen (secondary N) is 3. The number of primary amides is 1. The summed E-state index contributed by atoms with van der Waals surface area (Å²) in [5, 5.41) is 8.61. The summed E-state index contributed by atoms with van der Waals surface area (Å²) in [4.78, 5) is 32.1. The fourth-order valence-electron chi connectivity index (χ4n) is 2.71. The average Bonchev–Trinajstić information content (AvgIpc) is 2.73. The number of aromatic nitrogens is 2. The minimum absolute atomic E-state index is 0.306. The molecule has 2 aromatic heterocycles. The molecule has 8 heteroatoms. The Labute approximate surface area is 168 Å². The maximum absolute atomic E-state index is 12.1. The standard InChI is InChI=1S/C21H22N6O2/c1-2-24-20-17(19(22)28)9-10-18(27-20)15-5-7-16(8-6-15)26-21(29)25-13-14-4-3-11-23-12-14/h3-12H,2,13H2,1H3,(H2,22,28)(H,24,27)(H2,25,26,29). The number of anilines is 2. The number of benzene rings is 1. The van der Waals surface area contributed by atoms with Gasteiger partial charge in [0.2, 0.25) is 0 Å². The molecule has 0 aliphatic carbocycles. The molecule has 148 valence electrons. The van der Waals surface area contributed by atoms with Gasteiger partial charge < -0.3 is 21.7 Å². The van der Waals surface area contributed by atoms with E-state index in [0.29, 0.717) is 35.9 Å². The van der Waals surface area contributed by atoms with Crippen LogP contribution < -0.4 is 21.7 Å². The average molecular weight is 390 g/mol. The lowest BCUT2D eigenvalue weighted by Crippen LogP contribution is -2.28. The van der Waals surface area contributed by atoms with Crippen LogP contribution in [0, 0.1) is 0 Å². The molecule has 0 saturated carbocycles. The summed E-state index contributed by atoms with van der Waals surface area (Å²) in [6.07, 6.45) is 3.38. The highest BCUT2D eigenvalue weighted by molar-refractivity contribution is 5.98. The summed E-state index contributed by atoms with van der Waals surface area (Å²) in [6, 6.07) is 14.1. The Morgan fingerprint density at radius 3 is 2.52 bits per heavy atom. The molecule has 0 unspecified atom stereocenters. The molecule has 0 aliphatic heterocycles. The molecule has 3 aromatic rings. The van der Waals surface area contributed by atoms with Gasteiger partial charge in [0.25, 0.3) is 5.91 Å². The van der Waals surface area contributed by atoms with Crippen molar-refractivity contribution in [1.82, 2.24) is 15.3 Å². The highest BCUT2D eigenvalue weighted by Crippen LogP contribution is 2.23. The molecule has 3 rings (SSSR count). The number of nitrogens with zero attached hydrogens (tertiary/aromatic N) is 2. The molecular formula is C21H22N6O2. The van der Waals surface area contributed by atoms with Crippen molar-refractivity contribution in [3.8, 4) is 11.3 Å². The van der Waals surface area contributed by atoms with Crippen molar-refractivity contribution < 1.29 is 9.59 Å². The number of carbonyl (C=O) groups excluding carboxylic acids is 2. The van der Waals surface area contributed by atoms with Crippen LogP contribution in [0.3, 0.4) is 0 Å². The fourth-order valence-corrected chi connectivity index (χ4v) is 2.71. The van der Waals surface area contributed by atoms with Crippen LogP contribution in [0.4, 0.5) is 16.3 Å². The number of nitrogens with two attached hydrogens (primary N) is 1. The predicted octanol–water partition coefficient (Wildman–Crippen LogP) is 3.00. The van der Waals surface area contributed by atoms with E-state index >= 15 is 0 Å². The van der Waals surface area contributed by atoms with Crippen molar-refractivity contribution in [1.29, 1.82) is 0 Å². The zero-order valence-electron chi connectivity index (χ0n) is 16.0. The smallest absolute Gasteiger partial charge is 0.319 e. The van der Waals surface area contributed by atoms with Crippen LogP contribution >= 0.6 is 0 Å². The number of urea groups is 1. The van der Waals surface area contributed by atoms with Crippen LogP contribution in [-0.2, 0) is 6.54 Å². The zero-order valence-corrected chi connectivity index (χ0v) is 16.0. The zero-order chi connectivity index (χ0) is 20.6. The maximum atomic E-state index is 12.1. The van der Waals surface area contributed by atoms with Gasteiger partial charge >= 0.3 is 6.03 Å². The van der Waals surface area contributed by atoms with E-state index in [9.17, 15) is 9.59 Å². The topological polar surface area (TPSA) is 122 Å². The first-order valence-corrected chi connectivity index (χ1v) is 9.15. The van der Waals surface area contributed by atoms with Gasteiger partial charge in [0.1, 0.15) is 5.82 Å². The Hall–Kier alpha value is -3.94. The third kappa shape index (κ3) is 5.29. The Morgan fingerprint density at radius 2 is 1.86 bits per heavy atom. The lowest BCUT2D eigenvalue weighted by molar-refractivity contribution is 0.100. The summed E-state index contributed by atoms with van der Waals surface area (Å²) in [6.45, 7) is 2.92. The number of hydrogen-bond donors (Lipinski definition) is 4. The highest BCUT2D eigenvalue weighted by atomic mass is 16.2. The third-order valence-electron chi connectivity index (χ3n) is 4.12. The van der Waals surface area contributed by atoms with Crippen molar-refractivity contribution in [3.63, 3.8) is 0 Å². The van der Waals surface area contributed by atoms with Gasteiger partial charge in [0, 0.05) is 36.7 Å². The molecule has 3 amide bonds. The molecule has 0 radical (unpaired) electrons. The summed E-state index contributed by atoms with van der Waals surface area (Å²) >= 11 is 0. The summed E-state index contributed by atoms with van der Waals surface area (Å²) in [5.74, 6) is -0.0775. The molecule has 0 atom stereocenters. The van der Waals surface area contributed by atoms with Gasteiger partial charge in [-0.1, -0.05) is 18.2 Å². The van der Waals surface area contributed by atoms with E-state index in [1.54, 1.807) is 36.7 Å². The summed E-state index contributed by atoms with van der Waals surface area (Å²) < 4.78 is 0. The minimum atomic E-state index is -0.531. The molecule has 1 aromatic carbocycles. The summed E-state index contributed by atoms with van der Waals surface area (Å²) in [5.41, 5.74) is 8.85. The molecular weight excluding hydrogens is 368 g/mol. The van der Waals surface area contributed by atoms with E-state index in [1.165, 1.54) is 0 Å². The van der Waals surface area contributed by atoms with Crippen LogP contribution in [-0.4, -0.2) is 28.5 Å². The van der Waals surface area contributed by atoms with E-state index in [2.05, 4.69) is 25.9 Å². The molecule has 5 N–H and O–H groups in total. The Bertz CT molecular complexity index is 990. The van der Waals surface area contributed by atoms with Gasteiger partial charge in [0.05, 0.1) is 11.3 Å². The first kappa shape index (κ1) is 19.8. The first-order valence-electron chi connectivity index (χ1n) is 9.15. The monoisotopic (exact) mass is 390 g/mol. The van der Waals surface area contributed by atoms with Crippen LogP contribution in [0.2, 0.25) is 0 Å². The van der Waals surface area contributed by atoms with Crippen molar-refractivity contribution in [2.24, 2.45) is 5.73 Å². The van der Waals surface area contributed by atoms with Crippen molar-refractivity contribution in [3.05, 3.63) is 72.1 Å². The Kier molecular flexibility index (Phi) is 6.36. The largest absolute Gasteiger partial charge is 0.370 e. The van der Waals surface area contributed by atoms with Gasteiger partial charge in [-0.3, -0.25) is 9.78 Å². The number of hydrogen-bond acceptors (Lipinski definition) is 5. The van der Waals surface area contributed by atoms with Crippen molar-refractivity contribution >= 4 is 23.4 Å². The molecule has 29 heavy (non-hydrogen) atoms. The Morgan fingerprint density at radius 1 is 1.07 bits per heavy atom. The molecule has 0 fully saturated rings. The SMILES string of the molecule is CCNc1nc(-c2ccc(NC(=O)NCc3cccnc3)cc2)ccc1C(N)=O. The number of amides is 3. The van der Waals surface area contributed by atoms with Crippen molar-refractivity contribution in [2.75, 3.05) is 17.2 Å². The molecule has 8 nitrogen and oxygen atoms in total. The normalized spacial score (nSPS) is 10.2. The molecule has 2 heterocycles. The van der Waals surface area contributed by atoms with Crippen LogP contribution in [0.25, 0.3) is 11.3 Å². The van der Waals surface area contributed by atoms with E-state index < -0.39 is 5.91 Å². The fraction of sp³-hybridized carbons (Fsp3) is 0.143. The minimum Gasteiger partial charge on any atom is -0.370 e. The van der Waals surface area contributed by atoms with E-state index in [1.807, 2.05) is 31.2 Å². The van der Waals surface area contributed by atoms with Crippen molar-refractivity contribution in [2.45, 2.75) is 13.5 Å². The number of rotatable bonds is 7. The van der Waals surface area contributed by atoms with Gasteiger partial charge in [-0.05, 0) is 42.8 Å². The Balaban J connectivity index is 1.66. The van der Waals surface area contributed by atoms with Crippen LogP contribution in [0.5, 0.6) is 0 Å². The van der Waals surface area contributed by atoms with E-state index in [4.69, 9.17) is 5.73 Å². The maximum Gasteiger partial charge on any atom is 0.319 e.